The summed E-state index contributed by atoms with van der Waals surface area (Å²) in [6.45, 7) is 21.5. The largest absolute Gasteiger partial charge is 0.310 e. The molecular formula is C56H51N. The van der Waals surface area contributed by atoms with Crippen molar-refractivity contribution < 1.29 is 0 Å². The molecule has 280 valence electrons. The van der Waals surface area contributed by atoms with Crippen LogP contribution in [0.2, 0.25) is 0 Å². The van der Waals surface area contributed by atoms with E-state index in [0.29, 0.717) is 0 Å². The van der Waals surface area contributed by atoms with Crippen LogP contribution in [0, 0.1) is 20.8 Å². The van der Waals surface area contributed by atoms with E-state index in [1.165, 1.54) is 106 Å². The molecule has 0 saturated carbocycles. The second kappa shape index (κ2) is 11.3. The average molecular weight is 738 g/mol. The molecule has 0 aromatic heterocycles. The molecule has 0 bridgehead atoms. The van der Waals surface area contributed by atoms with E-state index in [9.17, 15) is 0 Å². The van der Waals surface area contributed by atoms with Gasteiger partial charge in [0, 0.05) is 33.3 Å². The highest BCUT2D eigenvalue weighted by molar-refractivity contribution is 5.92. The van der Waals surface area contributed by atoms with Crippen molar-refractivity contribution in [2.75, 3.05) is 4.90 Å². The molecule has 1 nitrogen and oxygen atoms in total. The Kier molecular flexibility index (Phi) is 6.83. The minimum atomic E-state index is -0.238. The summed E-state index contributed by atoms with van der Waals surface area (Å²) in [4.78, 5) is 2.56. The van der Waals surface area contributed by atoms with Gasteiger partial charge in [0.2, 0.25) is 0 Å². The predicted molar refractivity (Wildman–Crippen MR) is 240 cm³/mol. The summed E-state index contributed by atoms with van der Waals surface area (Å²) in [5, 5.41) is 0. The average Bonchev–Trinajstić information content (AvgIpc) is 3.80. The molecule has 1 heteroatoms. The third-order valence-corrected chi connectivity index (χ3v) is 14.9. The van der Waals surface area contributed by atoms with Crippen molar-refractivity contribution in [3.05, 3.63) is 195 Å². The van der Waals surface area contributed by atoms with E-state index in [0.717, 1.165) is 6.42 Å². The fourth-order valence-electron chi connectivity index (χ4n) is 12.4. The number of hydrogen-bond donors (Lipinski definition) is 0. The van der Waals surface area contributed by atoms with Gasteiger partial charge in [0.1, 0.15) is 0 Å². The van der Waals surface area contributed by atoms with Gasteiger partial charge in [-0.2, -0.15) is 0 Å². The molecule has 7 aromatic rings. The third kappa shape index (κ3) is 4.36. The minimum Gasteiger partial charge on any atom is -0.310 e. The fraction of sp³-hybridized carbons (Fsp3) is 0.250. The zero-order chi connectivity index (χ0) is 39.4. The molecule has 11 rings (SSSR count). The van der Waals surface area contributed by atoms with Gasteiger partial charge >= 0.3 is 0 Å². The number of anilines is 3. The molecular weight excluding hydrogens is 687 g/mol. The maximum Gasteiger partial charge on any atom is 0.0478 e. The summed E-state index contributed by atoms with van der Waals surface area (Å²) in [5.74, 6) is 0. The van der Waals surface area contributed by atoms with E-state index in [1.54, 1.807) is 5.56 Å². The molecule has 1 spiro atoms. The first-order valence-electron chi connectivity index (χ1n) is 20.9. The monoisotopic (exact) mass is 737 g/mol. The second-order valence-corrected chi connectivity index (χ2v) is 19.3. The number of rotatable bonds is 3. The summed E-state index contributed by atoms with van der Waals surface area (Å²) < 4.78 is 0. The topological polar surface area (TPSA) is 3.24 Å². The van der Waals surface area contributed by atoms with Crippen molar-refractivity contribution in [1.29, 1.82) is 0 Å². The number of fused-ring (bicyclic) bond motifs is 13. The molecule has 0 aliphatic heterocycles. The van der Waals surface area contributed by atoms with E-state index in [1.807, 2.05) is 0 Å². The van der Waals surface area contributed by atoms with Crippen molar-refractivity contribution in [3.63, 3.8) is 0 Å². The number of aryl methyl sites for hydroxylation is 2. The Balaban J connectivity index is 1.17. The van der Waals surface area contributed by atoms with Crippen molar-refractivity contribution in [1.82, 2.24) is 0 Å². The molecule has 1 atom stereocenters. The third-order valence-electron chi connectivity index (χ3n) is 14.9. The number of benzene rings is 7. The van der Waals surface area contributed by atoms with Crippen LogP contribution in [0.4, 0.5) is 17.1 Å². The first-order valence-corrected chi connectivity index (χ1v) is 20.9. The quantitative estimate of drug-likeness (QED) is 0.175. The lowest BCUT2D eigenvalue weighted by molar-refractivity contribution is 0.448. The number of nitrogens with zero attached hydrogens (tertiary/aromatic N) is 1. The van der Waals surface area contributed by atoms with Gasteiger partial charge in [0.25, 0.3) is 0 Å². The lowest BCUT2D eigenvalue weighted by Crippen LogP contribution is -2.27. The summed E-state index contributed by atoms with van der Waals surface area (Å²) in [6, 6.07) is 51.6. The Labute approximate surface area is 339 Å². The molecule has 0 N–H and O–H groups in total. The van der Waals surface area contributed by atoms with Gasteiger partial charge in [-0.1, -0.05) is 139 Å². The van der Waals surface area contributed by atoms with E-state index in [2.05, 4.69) is 201 Å². The van der Waals surface area contributed by atoms with Gasteiger partial charge in [0.05, 0.1) is 0 Å². The van der Waals surface area contributed by atoms with Crippen molar-refractivity contribution in [2.45, 2.75) is 90.4 Å². The van der Waals surface area contributed by atoms with Crippen molar-refractivity contribution >= 4 is 17.1 Å². The van der Waals surface area contributed by atoms with E-state index in [-0.39, 0.29) is 21.7 Å². The van der Waals surface area contributed by atoms with Crippen LogP contribution in [0.15, 0.2) is 133 Å². The Morgan fingerprint density at radius 2 is 0.789 bits per heavy atom. The fourth-order valence-corrected chi connectivity index (χ4v) is 12.4. The molecule has 0 fully saturated rings. The van der Waals surface area contributed by atoms with Crippen LogP contribution >= 0.6 is 0 Å². The smallest absolute Gasteiger partial charge is 0.0478 e. The minimum absolute atomic E-state index is 0.0156. The lowest BCUT2D eigenvalue weighted by atomic mass is 9.70. The Morgan fingerprint density at radius 1 is 0.386 bits per heavy atom. The van der Waals surface area contributed by atoms with Crippen LogP contribution in [0.25, 0.3) is 33.4 Å². The van der Waals surface area contributed by atoms with Crippen molar-refractivity contribution in [3.8, 4) is 33.4 Å². The molecule has 0 saturated heterocycles. The molecule has 0 amide bonds. The van der Waals surface area contributed by atoms with Gasteiger partial charge in [-0.15, -0.1) is 0 Å². The van der Waals surface area contributed by atoms with Crippen molar-refractivity contribution in [2.24, 2.45) is 0 Å². The van der Waals surface area contributed by atoms with Gasteiger partial charge < -0.3 is 4.90 Å². The highest BCUT2D eigenvalue weighted by Gasteiger charge is 2.55. The SMILES string of the molecule is Cc1cc(C)c2c(c1C)C(C)(C)CC21c2ccccc2-c2ccc(N(c3ccc4c(c3)C(C)(C)c3ccccc3-4)c3ccc4c(c3)C(C)(C)c3ccccc3-4)cc21. The maximum absolute atomic E-state index is 2.58. The summed E-state index contributed by atoms with van der Waals surface area (Å²) in [6.07, 6.45) is 1.05. The van der Waals surface area contributed by atoms with Gasteiger partial charge in [-0.3, -0.25) is 0 Å². The van der Waals surface area contributed by atoms with Crippen LogP contribution in [0.3, 0.4) is 0 Å². The van der Waals surface area contributed by atoms with E-state index >= 15 is 0 Å². The van der Waals surface area contributed by atoms with Gasteiger partial charge in [-0.25, -0.2) is 0 Å². The predicted octanol–water partition coefficient (Wildman–Crippen LogP) is 14.7. The summed E-state index contributed by atoms with van der Waals surface area (Å²) in [7, 11) is 0. The lowest BCUT2D eigenvalue weighted by Gasteiger charge is -2.33. The van der Waals surface area contributed by atoms with Crippen LogP contribution in [0.1, 0.15) is 109 Å². The van der Waals surface area contributed by atoms with Crippen LogP contribution in [-0.4, -0.2) is 0 Å². The van der Waals surface area contributed by atoms with Gasteiger partial charge in [-0.05, 0) is 164 Å². The van der Waals surface area contributed by atoms with Crippen LogP contribution in [0.5, 0.6) is 0 Å². The maximum atomic E-state index is 2.58. The van der Waals surface area contributed by atoms with Crippen LogP contribution in [-0.2, 0) is 21.7 Å². The molecule has 1 unspecified atom stereocenters. The second-order valence-electron chi connectivity index (χ2n) is 19.3. The standard InChI is InChI=1S/C56H51N/c1-33-28-34(2)51-52(35(33)3)53(4,5)32-56(51)47-21-15-12-18-41(47)44-27-24-38(31-50(44)56)57(36-22-25-42-39-16-10-13-19-45(39)54(6,7)48(42)29-36)37-23-26-43-40-17-11-14-20-46(40)55(8,9)49(43)30-37/h10-31H,32H2,1-9H3. The molecule has 0 heterocycles. The van der Waals surface area contributed by atoms with Gasteiger partial charge in [0.15, 0.2) is 0 Å². The zero-order valence-corrected chi connectivity index (χ0v) is 34.9. The highest BCUT2D eigenvalue weighted by Crippen LogP contribution is 2.65. The Bertz CT molecular complexity index is 2790. The normalized spacial score (nSPS) is 19.0. The Hall–Kier alpha value is -5.66. The number of hydrogen-bond acceptors (Lipinski definition) is 1. The van der Waals surface area contributed by atoms with E-state index < -0.39 is 0 Å². The first-order chi connectivity index (χ1) is 27.2. The summed E-state index contributed by atoms with van der Waals surface area (Å²) in [5.41, 5.74) is 27.1. The molecule has 57 heavy (non-hydrogen) atoms. The molecule has 4 aliphatic rings. The molecule has 7 aromatic carbocycles. The van der Waals surface area contributed by atoms with Crippen LogP contribution < -0.4 is 4.90 Å². The Morgan fingerprint density at radius 3 is 1.30 bits per heavy atom. The molecule has 0 radical (unpaired) electrons. The first kappa shape index (κ1) is 34.6. The highest BCUT2D eigenvalue weighted by atomic mass is 15.1. The molecule has 4 aliphatic carbocycles. The van der Waals surface area contributed by atoms with E-state index in [4.69, 9.17) is 0 Å². The summed E-state index contributed by atoms with van der Waals surface area (Å²) >= 11 is 0. The zero-order valence-electron chi connectivity index (χ0n) is 34.9.